The first-order valence-corrected chi connectivity index (χ1v) is 9.10. The first-order chi connectivity index (χ1) is 9.59. The summed E-state index contributed by atoms with van der Waals surface area (Å²) in [5.41, 5.74) is 2.22. The van der Waals surface area contributed by atoms with Gasteiger partial charge in [0.25, 0.3) is 10.0 Å². The Bertz CT molecular complexity index is 716. The first kappa shape index (κ1) is 16.0. The molecule has 0 radical (unpaired) electrons. The Kier molecular flexibility index (Phi) is 4.17. The average Bonchev–Trinajstić information content (AvgIpc) is 2.66. The van der Waals surface area contributed by atoms with Crippen molar-refractivity contribution in [1.82, 2.24) is 0 Å². The Morgan fingerprint density at radius 3 is 2.05 bits per heavy atom. The lowest BCUT2D eigenvalue weighted by atomic mass is 9.87. The second-order valence-electron chi connectivity index (χ2n) is 6.23. The number of thiophene rings is 1. The van der Waals surface area contributed by atoms with Gasteiger partial charge >= 0.3 is 0 Å². The molecule has 5 heteroatoms. The van der Waals surface area contributed by atoms with Gasteiger partial charge in [-0.2, -0.15) is 0 Å². The Balaban J connectivity index is 2.27. The molecule has 0 saturated carbocycles. The minimum Gasteiger partial charge on any atom is -0.270 e. The molecule has 1 N–H and O–H groups in total. The van der Waals surface area contributed by atoms with Crippen molar-refractivity contribution in [1.29, 1.82) is 0 Å². The highest BCUT2D eigenvalue weighted by molar-refractivity contribution is 7.93. The third kappa shape index (κ3) is 3.66. The van der Waals surface area contributed by atoms with E-state index in [1.807, 2.05) is 32.0 Å². The van der Waals surface area contributed by atoms with Crippen molar-refractivity contribution < 1.29 is 8.42 Å². The van der Waals surface area contributed by atoms with Gasteiger partial charge in [0, 0.05) is 4.88 Å². The van der Waals surface area contributed by atoms with Gasteiger partial charge in [0.05, 0.1) is 4.90 Å². The van der Waals surface area contributed by atoms with E-state index in [0.29, 0.717) is 9.90 Å². The maximum absolute atomic E-state index is 12.4. The number of sulfonamides is 1. The molecule has 2 aromatic rings. The summed E-state index contributed by atoms with van der Waals surface area (Å²) in [6, 6.07) is 8.94. The Morgan fingerprint density at radius 2 is 1.62 bits per heavy atom. The largest absolute Gasteiger partial charge is 0.270 e. The quantitative estimate of drug-likeness (QED) is 0.906. The van der Waals surface area contributed by atoms with E-state index in [-0.39, 0.29) is 5.41 Å². The summed E-state index contributed by atoms with van der Waals surface area (Å²) in [4.78, 5) is 1.41. The molecule has 0 aliphatic carbocycles. The van der Waals surface area contributed by atoms with Crippen molar-refractivity contribution in [3.8, 4) is 0 Å². The lowest BCUT2D eigenvalue weighted by Crippen LogP contribution is -2.14. The van der Waals surface area contributed by atoms with Gasteiger partial charge in [-0.1, -0.05) is 32.9 Å². The highest BCUT2D eigenvalue weighted by Gasteiger charge is 2.18. The minimum absolute atomic E-state index is 0.0116. The molecule has 3 nitrogen and oxygen atoms in total. The van der Waals surface area contributed by atoms with Gasteiger partial charge in [-0.05, 0) is 48.6 Å². The fraction of sp³-hybridized carbons (Fsp3) is 0.375. The van der Waals surface area contributed by atoms with Crippen LogP contribution in [0.25, 0.3) is 0 Å². The van der Waals surface area contributed by atoms with E-state index in [4.69, 9.17) is 0 Å². The zero-order valence-electron chi connectivity index (χ0n) is 13.0. The lowest BCUT2D eigenvalue weighted by Gasteiger charge is -2.19. The standard InChI is InChI=1S/C16H21NO2S2/c1-11-10-15(20-12(11)2)17-21(18,19)14-8-6-13(7-9-14)16(3,4)5/h6-10,17H,1-5H3. The zero-order valence-corrected chi connectivity index (χ0v) is 14.7. The van der Waals surface area contributed by atoms with Gasteiger partial charge in [0.2, 0.25) is 0 Å². The minimum atomic E-state index is -3.52. The number of aryl methyl sites for hydroxylation is 2. The lowest BCUT2D eigenvalue weighted by molar-refractivity contribution is 0.587. The maximum Gasteiger partial charge on any atom is 0.262 e. The van der Waals surface area contributed by atoms with Crippen LogP contribution >= 0.6 is 11.3 Å². The van der Waals surface area contributed by atoms with Crippen LogP contribution in [-0.2, 0) is 15.4 Å². The predicted octanol–water partition coefficient (Wildman–Crippen LogP) is 4.46. The van der Waals surface area contributed by atoms with E-state index in [1.165, 1.54) is 11.3 Å². The Hall–Kier alpha value is -1.33. The smallest absolute Gasteiger partial charge is 0.262 e. The zero-order chi connectivity index (χ0) is 15.8. The molecule has 21 heavy (non-hydrogen) atoms. The van der Waals surface area contributed by atoms with Crippen molar-refractivity contribution in [2.75, 3.05) is 4.72 Å². The van der Waals surface area contributed by atoms with Gasteiger partial charge in [-0.25, -0.2) is 8.42 Å². The first-order valence-electron chi connectivity index (χ1n) is 6.80. The van der Waals surface area contributed by atoms with E-state index in [0.717, 1.165) is 16.0 Å². The van der Waals surface area contributed by atoms with Gasteiger partial charge in [0.15, 0.2) is 0 Å². The van der Waals surface area contributed by atoms with Crippen LogP contribution in [0.2, 0.25) is 0 Å². The summed E-state index contributed by atoms with van der Waals surface area (Å²) in [5, 5.41) is 0.657. The highest BCUT2D eigenvalue weighted by Crippen LogP contribution is 2.28. The molecule has 0 saturated heterocycles. The van der Waals surface area contributed by atoms with Crippen LogP contribution in [0.15, 0.2) is 35.2 Å². The van der Waals surface area contributed by atoms with Crippen LogP contribution in [-0.4, -0.2) is 8.42 Å². The summed E-state index contributed by atoms with van der Waals surface area (Å²) in [7, 11) is -3.52. The number of anilines is 1. The topological polar surface area (TPSA) is 46.2 Å². The normalized spacial score (nSPS) is 12.4. The molecule has 2 rings (SSSR count). The molecular formula is C16H21NO2S2. The third-order valence-corrected chi connectivity index (χ3v) is 6.01. The second-order valence-corrected chi connectivity index (χ2v) is 9.17. The molecule has 114 valence electrons. The number of rotatable bonds is 3. The number of hydrogen-bond donors (Lipinski definition) is 1. The van der Waals surface area contributed by atoms with Gasteiger partial charge in [-0.3, -0.25) is 4.72 Å². The van der Waals surface area contributed by atoms with Crippen LogP contribution in [0, 0.1) is 13.8 Å². The van der Waals surface area contributed by atoms with Crippen molar-refractivity contribution >= 4 is 26.4 Å². The van der Waals surface area contributed by atoms with Crippen LogP contribution in [0.5, 0.6) is 0 Å². The van der Waals surface area contributed by atoms with Crippen molar-refractivity contribution in [3.05, 3.63) is 46.3 Å². The van der Waals surface area contributed by atoms with E-state index >= 15 is 0 Å². The number of hydrogen-bond acceptors (Lipinski definition) is 3. The van der Waals surface area contributed by atoms with E-state index in [2.05, 4.69) is 25.5 Å². The van der Waals surface area contributed by atoms with Crippen LogP contribution < -0.4 is 4.72 Å². The summed E-state index contributed by atoms with van der Waals surface area (Å²) in [5.74, 6) is 0. The molecule has 0 aliphatic heterocycles. The van der Waals surface area contributed by atoms with Crippen LogP contribution in [0.3, 0.4) is 0 Å². The van der Waals surface area contributed by atoms with Gasteiger partial charge < -0.3 is 0 Å². The molecule has 1 aromatic carbocycles. The SMILES string of the molecule is Cc1cc(NS(=O)(=O)c2ccc(C(C)(C)C)cc2)sc1C. The second kappa shape index (κ2) is 5.46. The van der Waals surface area contributed by atoms with Crippen LogP contribution in [0.4, 0.5) is 5.00 Å². The Labute approximate surface area is 131 Å². The molecule has 0 atom stereocenters. The molecule has 0 spiro atoms. The third-order valence-electron chi connectivity index (χ3n) is 3.43. The molecular weight excluding hydrogens is 302 g/mol. The van der Waals surface area contributed by atoms with Crippen LogP contribution in [0.1, 0.15) is 36.8 Å². The highest BCUT2D eigenvalue weighted by atomic mass is 32.2. The molecule has 0 unspecified atom stereocenters. The summed E-state index contributed by atoms with van der Waals surface area (Å²) in [6.07, 6.45) is 0. The maximum atomic E-state index is 12.4. The summed E-state index contributed by atoms with van der Waals surface area (Å²) in [6.45, 7) is 10.3. The summed E-state index contributed by atoms with van der Waals surface area (Å²) < 4.78 is 27.4. The number of nitrogens with one attached hydrogen (secondary N) is 1. The summed E-state index contributed by atoms with van der Waals surface area (Å²) >= 11 is 1.45. The molecule has 0 bridgehead atoms. The van der Waals surface area contributed by atoms with Crippen molar-refractivity contribution in [2.45, 2.75) is 44.9 Å². The molecule has 1 aromatic heterocycles. The fourth-order valence-electron chi connectivity index (χ4n) is 1.95. The molecule has 1 heterocycles. The van der Waals surface area contributed by atoms with Crippen molar-refractivity contribution in [3.63, 3.8) is 0 Å². The number of benzene rings is 1. The van der Waals surface area contributed by atoms with Gasteiger partial charge in [0.1, 0.15) is 5.00 Å². The molecule has 0 aliphatic rings. The van der Waals surface area contributed by atoms with E-state index < -0.39 is 10.0 Å². The fourth-order valence-corrected chi connectivity index (χ4v) is 4.17. The average molecular weight is 323 g/mol. The van der Waals surface area contributed by atoms with Gasteiger partial charge in [-0.15, -0.1) is 11.3 Å². The van der Waals surface area contributed by atoms with E-state index in [9.17, 15) is 8.42 Å². The monoisotopic (exact) mass is 323 g/mol. The Morgan fingerprint density at radius 1 is 1.05 bits per heavy atom. The molecule has 0 fully saturated rings. The predicted molar refractivity (Wildman–Crippen MR) is 89.7 cm³/mol. The molecule has 0 amide bonds. The van der Waals surface area contributed by atoms with Crippen molar-refractivity contribution in [2.24, 2.45) is 0 Å². The van der Waals surface area contributed by atoms with E-state index in [1.54, 1.807) is 12.1 Å².